The number of benzene rings is 1. The second-order valence-corrected chi connectivity index (χ2v) is 4.53. The van der Waals surface area contributed by atoms with Gasteiger partial charge in [0.05, 0.1) is 6.61 Å². The smallest absolute Gasteiger partial charge is 0.351 e. The molecule has 6 nitrogen and oxygen atoms in total. The minimum absolute atomic E-state index is 0.0328. The highest BCUT2D eigenvalue weighted by Crippen LogP contribution is 2.33. The molecular formula is C13H9ClN2O4. The van der Waals surface area contributed by atoms with E-state index in [0.717, 1.165) is 0 Å². The van der Waals surface area contributed by atoms with Gasteiger partial charge < -0.3 is 9.15 Å². The van der Waals surface area contributed by atoms with E-state index < -0.39 is 11.2 Å². The maximum atomic E-state index is 11.7. The minimum Gasteiger partial charge on any atom is -0.490 e. The first-order chi connectivity index (χ1) is 9.58. The molecule has 1 N–H and O–H groups in total. The van der Waals surface area contributed by atoms with Gasteiger partial charge in [-0.2, -0.15) is 4.98 Å². The number of ether oxygens (including phenoxy) is 1. The normalized spacial score (nSPS) is 11.1. The van der Waals surface area contributed by atoms with Gasteiger partial charge in [-0.25, -0.2) is 4.79 Å². The van der Waals surface area contributed by atoms with E-state index >= 15 is 0 Å². The van der Waals surface area contributed by atoms with Crippen LogP contribution in [0.3, 0.4) is 0 Å². The molecule has 0 atom stereocenters. The second kappa shape index (κ2) is 4.64. The number of halogens is 1. The molecular weight excluding hydrogens is 284 g/mol. The van der Waals surface area contributed by atoms with E-state index in [2.05, 4.69) is 9.97 Å². The zero-order valence-corrected chi connectivity index (χ0v) is 11.2. The Morgan fingerprint density at radius 3 is 2.90 bits per heavy atom. The molecule has 2 aliphatic heterocycles. The van der Waals surface area contributed by atoms with E-state index in [1.807, 2.05) is 6.92 Å². The molecule has 2 aliphatic rings. The molecule has 20 heavy (non-hydrogen) atoms. The maximum Gasteiger partial charge on any atom is 0.351 e. The summed E-state index contributed by atoms with van der Waals surface area (Å²) in [5, 5.41) is 1.06. The van der Waals surface area contributed by atoms with E-state index in [4.69, 9.17) is 20.8 Å². The van der Waals surface area contributed by atoms with Crippen LogP contribution in [0.15, 0.2) is 32.2 Å². The highest BCUT2D eigenvalue weighted by molar-refractivity contribution is 6.31. The molecule has 2 heterocycles. The summed E-state index contributed by atoms with van der Waals surface area (Å²) < 4.78 is 11.0. The maximum absolute atomic E-state index is 11.7. The van der Waals surface area contributed by atoms with E-state index in [1.54, 1.807) is 18.2 Å². The molecule has 0 aliphatic carbocycles. The predicted molar refractivity (Wildman–Crippen MR) is 73.7 cm³/mol. The average Bonchev–Trinajstić information content (AvgIpc) is 2.38. The molecule has 0 radical (unpaired) electrons. The highest BCUT2D eigenvalue weighted by atomic mass is 35.5. The Labute approximate surface area is 117 Å². The molecule has 0 spiro atoms. The van der Waals surface area contributed by atoms with E-state index in [1.165, 1.54) is 0 Å². The molecule has 0 fully saturated rings. The SMILES string of the molecule is CCOc1cc(Cl)cc2cc3c(=O)[nH]c(=O)nc-3oc12. The molecule has 0 aromatic heterocycles. The second-order valence-electron chi connectivity index (χ2n) is 4.09. The van der Waals surface area contributed by atoms with Crippen LogP contribution in [0, 0.1) is 0 Å². The molecule has 3 rings (SSSR count). The fraction of sp³-hybridized carbons (Fsp3) is 0.154. The fourth-order valence-corrected chi connectivity index (χ4v) is 2.18. The minimum atomic E-state index is -0.752. The summed E-state index contributed by atoms with van der Waals surface area (Å²) >= 11 is 6.00. The Balaban J connectivity index is 2.45. The predicted octanol–water partition coefficient (Wildman–Crippen LogP) is 2.03. The number of H-pyrrole nitrogens is 1. The fourth-order valence-electron chi connectivity index (χ4n) is 1.97. The molecule has 0 saturated heterocycles. The summed E-state index contributed by atoms with van der Waals surface area (Å²) in [7, 11) is 0. The van der Waals surface area contributed by atoms with Crippen molar-refractivity contribution in [3.05, 3.63) is 44.1 Å². The molecule has 0 unspecified atom stereocenters. The number of nitrogens with zero attached hydrogens (tertiary/aromatic N) is 1. The number of fused-ring (bicyclic) bond motifs is 2. The molecule has 7 heteroatoms. The van der Waals surface area contributed by atoms with Gasteiger partial charge in [0.2, 0.25) is 5.89 Å². The van der Waals surface area contributed by atoms with Gasteiger partial charge in [0.15, 0.2) is 11.3 Å². The van der Waals surface area contributed by atoms with Crippen molar-refractivity contribution in [3.8, 4) is 17.2 Å². The topological polar surface area (TPSA) is 85.2 Å². The van der Waals surface area contributed by atoms with Crippen LogP contribution in [0.25, 0.3) is 22.4 Å². The number of nitrogens with one attached hydrogen (secondary N) is 1. The van der Waals surface area contributed by atoms with Crippen LogP contribution in [0.2, 0.25) is 5.02 Å². The lowest BCUT2D eigenvalue weighted by molar-refractivity contribution is 0.338. The van der Waals surface area contributed by atoms with Gasteiger partial charge in [-0.15, -0.1) is 0 Å². The largest absolute Gasteiger partial charge is 0.490 e. The van der Waals surface area contributed by atoms with Crippen molar-refractivity contribution in [1.29, 1.82) is 0 Å². The van der Waals surface area contributed by atoms with Gasteiger partial charge in [-0.3, -0.25) is 9.78 Å². The number of aromatic nitrogens is 2. The van der Waals surface area contributed by atoms with Crippen LogP contribution >= 0.6 is 11.6 Å². The Morgan fingerprint density at radius 2 is 2.15 bits per heavy atom. The van der Waals surface area contributed by atoms with Crippen molar-refractivity contribution in [2.24, 2.45) is 0 Å². The van der Waals surface area contributed by atoms with Gasteiger partial charge in [0.1, 0.15) is 5.56 Å². The van der Waals surface area contributed by atoms with Gasteiger partial charge >= 0.3 is 5.69 Å². The molecule has 1 aromatic carbocycles. The van der Waals surface area contributed by atoms with Crippen molar-refractivity contribution in [2.45, 2.75) is 6.92 Å². The highest BCUT2D eigenvalue weighted by Gasteiger charge is 2.16. The molecule has 0 saturated carbocycles. The van der Waals surface area contributed by atoms with Crippen LogP contribution in [-0.2, 0) is 0 Å². The summed E-state index contributed by atoms with van der Waals surface area (Å²) in [5.41, 5.74) is -0.732. The quantitative estimate of drug-likeness (QED) is 0.731. The van der Waals surface area contributed by atoms with Gasteiger partial charge in [-0.1, -0.05) is 11.6 Å². The van der Waals surface area contributed by atoms with Crippen molar-refractivity contribution < 1.29 is 9.15 Å². The third-order valence-corrected chi connectivity index (χ3v) is 2.96. The lowest BCUT2D eigenvalue weighted by Crippen LogP contribution is -2.24. The summed E-state index contributed by atoms with van der Waals surface area (Å²) in [6.45, 7) is 2.26. The van der Waals surface area contributed by atoms with Crippen LogP contribution in [0.1, 0.15) is 6.92 Å². The molecule has 0 bridgehead atoms. The van der Waals surface area contributed by atoms with Crippen molar-refractivity contribution in [1.82, 2.24) is 9.97 Å². The van der Waals surface area contributed by atoms with E-state index in [9.17, 15) is 9.59 Å². The first-order valence-electron chi connectivity index (χ1n) is 5.88. The summed E-state index contributed by atoms with van der Waals surface area (Å²) in [6.07, 6.45) is 0. The number of aromatic amines is 1. The zero-order chi connectivity index (χ0) is 14.3. The lowest BCUT2D eigenvalue weighted by Gasteiger charge is -2.09. The van der Waals surface area contributed by atoms with Gasteiger partial charge in [-0.05, 0) is 19.1 Å². The Hall–Kier alpha value is -2.34. The van der Waals surface area contributed by atoms with Crippen molar-refractivity contribution in [2.75, 3.05) is 6.61 Å². The van der Waals surface area contributed by atoms with Crippen LogP contribution in [0.4, 0.5) is 0 Å². The molecule has 1 aromatic rings. The first kappa shape index (κ1) is 12.7. The van der Waals surface area contributed by atoms with E-state index in [-0.39, 0.29) is 11.5 Å². The first-order valence-corrected chi connectivity index (χ1v) is 6.26. The Kier molecular flexibility index (Phi) is 2.94. The van der Waals surface area contributed by atoms with E-state index in [0.29, 0.717) is 28.3 Å². The van der Waals surface area contributed by atoms with Crippen molar-refractivity contribution in [3.63, 3.8) is 0 Å². The average molecular weight is 293 g/mol. The standard InChI is InChI=1S/C13H9ClN2O4/c1-2-19-9-5-7(14)3-6-4-8-11(17)15-13(18)16-12(8)20-10(6)9/h3-5H,2H2,1H3,(H,15,17,18). The summed E-state index contributed by atoms with van der Waals surface area (Å²) in [6, 6.07) is 4.81. The number of hydrogen-bond donors (Lipinski definition) is 1. The number of rotatable bonds is 2. The Bertz CT molecular complexity index is 884. The molecule has 0 amide bonds. The number of hydrogen-bond acceptors (Lipinski definition) is 5. The molecule has 102 valence electrons. The Morgan fingerprint density at radius 1 is 1.35 bits per heavy atom. The zero-order valence-electron chi connectivity index (χ0n) is 10.4. The van der Waals surface area contributed by atoms with Gasteiger partial charge in [0.25, 0.3) is 5.56 Å². The lowest BCUT2D eigenvalue weighted by atomic mass is 10.1. The van der Waals surface area contributed by atoms with Crippen molar-refractivity contribution >= 4 is 22.6 Å². The summed E-state index contributed by atoms with van der Waals surface area (Å²) in [4.78, 5) is 28.7. The van der Waals surface area contributed by atoms with Crippen LogP contribution in [-0.4, -0.2) is 16.6 Å². The monoisotopic (exact) mass is 292 g/mol. The van der Waals surface area contributed by atoms with Gasteiger partial charge in [0, 0.05) is 16.5 Å². The van der Waals surface area contributed by atoms with Crippen LogP contribution < -0.4 is 16.0 Å². The third-order valence-electron chi connectivity index (χ3n) is 2.75. The summed E-state index contributed by atoms with van der Waals surface area (Å²) in [5.74, 6) is 0.404. The van der Waals surface area contributed by atoms with Crippen LogP contribution in [0.5, 0.6) is 5.75 Å². The third kappa shape index (κ3) is 2.04.